The molecule has 0 radical (unpaired) electrons. The Kier molecular flexibility index (Phi) is 6.22. The van der Waals surface area contributed by atoms with E-state index in [1.54, 1.807) is 53.1 Å². The molecule has 0 spiro atoms. The highest BCUT2D eigenvalue weighted by Gasteiger charge is 2.41. The quantitative estimate of drug-likeness (QED) is 0.330. The van der Waals surface area contributed by atoms with Crippen LogP contribution in [0.1, 0.15) is 21.6 Å². The monoisotopic (exact) mass is 544 g/mol. The van der Waals surface area contributed by atoms with Gasteiger partial charge in [0.15, 0.2) is 0 Å². The lowest BCUT2D eigenvalue weighted by Gasteiger charge is -2.33. The zero-order valence-electron chi connectivity index (χ0n) is 21.3. The van der Waals surface area contributed by atoms with Gasteiger partial charge >= 0.3 is 0 Å². The maximum atomic E-state index is 15.0. The van der Waals surface area contributed by atoms with Gasteiger partial charge in [0.2, 0.25) is 0 Å². The second-order valence-electron chi connectivity index (χ2n) is 9.80. The lowest BCUT2D eigenvalue weighted by Crippen LogP contribution is -2.44. The van der Waals surface area contributed by atoms with Crippen LogP contribution in [0.3, 0.4) is 0 Å². The second-order valence-corrected chi connectivity index (χ2v) is 9.80. The molecular formula is C29H23F3N6O2. The molecule has 40 heavy (non-hydrogen) atoms. The van der Waals surface area contributed by atoms with E-state index in [1.807, 2.05) is 0 Å². The number of pyridine rings is 1. The molecular weight excluding hydrogens is 521 g/mol. The van der Waals surface area contributed by atoms with Gasteiger partial charge in [-0.05, 0) is 36.4 Å². The molecule has 1 N–H and O–H groups in total. The predicted molar refractivity (Wildman–Crippen MR) is 139 cm³/mol. The topological polar surface area (TPSA) is 89.1 Å². The van der Waals surface area contributed by atoms with Crippen LogP contribution < -0.4 is 0 Å². The van der Waals surface area contributed by atoms with Gasteiger partial charge in [-0.25, -0.2) is 18.2 Å². The maximum absolute atomic E-state index is 15.0. The summed E-state index contributed by atoms with van der Waals surface area (Å²) in [7, 11) is 1.75. The smallest absolute Gasteiger partial charge is 0.256 e. The Bertz CT molecular complexity index is 1720. The number of rotatable bonds is 7. The fraction of sp³-hybridized carbons (Fsp3) is 0.172. The average molecular weight is 545 g/mol. The molecule has 0 saturated carbocycles. The third-order valence-electron chi connectivity index (χ3n) is 7.00. The first-order chi connectivity index (χ1) is 19.2. The minimum atomic E-state index is -1.91. The molecule has 0 saturated heterocycles. The summed E-state index contributed by atoms with van der Waals surface area (Å²) in [6.07, 6.45) is 7.94. The minimum absolute atomic E-state index is 0.0726. The van der Waals surface area contributed by atoms with E-state index in [2.05, 4.69) is 15.1 Å². The summed E-state index contributed by atoms with van der Waals surface area (Å²) in [4.78, 5) is 23.7. The minimum Gasteiger partial charge on any atom is -0.381 e. The van der Waals surface area contributed by atoms with Crippen molar-refractivity contribution in [3.05, 3.63) is 114 Å². The zero-order chi connectivity index (χ0) is 28.0. The number of aromatic nitrogens is 5. The molecule has 5 aromatic rings. The molecule has 0 aliphatic carbocycles. The molecule has 1 aliphatic rings. The fourth-order valence-electron chi connectivity index (χ4n) is 5.22. The number of fused-ring (bicyclic) bond motifs is 1. The van der Waals surface area contributed by atoms with Gasteiger partial charge in [-0.1, -0.05) is 6.07 Å². The van der Waals surface area contributed by atoms with Gasteiger partial charge in [0.1, 0.15) is 28.7 Å². The van der Waals surface area contributed by atoms with Gasteiger partial charge in [0.25, 0.3) is 5.91 Å². The number of amides is 1. The van der Waals surface area contributed by atoms with Gasteiger partial charge in [-0.2, -0.15) is 5.10 Å². The first-order valence-electron chi connectivity index (χ1n) is 12.4. The van der Waals surface area contributed by atoms with Gasteiger partial charge in [-0.3, -0.25) is 14.5 Å². The lowest BCUT2D eigenvalue weighted by molar-refractivity contribution is -0.0150. The third kappa shape index (κ3) is 4.54. The van der Waals surface area contributed by atoms with Gasteiger partial charge < -0.3 is 14.6 Å². The first-order valence-corrected chi connectivity index (χ1v) is 12.4. The third-order valence-corrected chi connectivity index (χ3v) is 7.00. The Hall–Kier alpha value is -4.77. The van der Waals surface area contributed by atoms with Crippen LogP contribution in [-0.4, -0.2) is 46.8 Å². The van der Waals surface area contributed by atoms with E-state index in [1.165, 1.54) is 35.6 Å². The normalized spacial score (nSPS) is 14.4. The summed E-state index contributed by atoms with van der Waals surface area (Å²) >= 11 is 0. The second kappa shape index (κ2) is 9.76. The average Bonchev–Trinajstić information content (AvgIpc) is 3.64. The van der Waals surface area contributed by atoms with Crippen molar-refractivity contribution in [1.82, 2.24) is 29.2 Å². The molecule has 1 unspecified atom stereocenters. The number of carbonyl (C=O) groups is 1. The van der Waals surface area contributed by atoms with E-state index in [0.717, 1.165) is 6.07 Å². The number of benzene rings is 2. The van der Waals surface area contributed by atoms with Crippen molar-refractivity contribution >= 4 is 5.91 Å². The molecule has 0 fully saturated rings. The van der Waals surface area contributed by atoms with Crippen LogP contribution in [0.4, 0.5) is 13.2 Å². The van der Waals surface area contributed by atoms with E-state index in [0.29, 0.717) is 39.7 Å². The van der Waals surface area contributed by atoms with Gasteiger partial charge in [0.05, 0.1) is 37.2 Å². The summed E-state index contributed by atoms with van der Waals surface area (Å²) in [5.41, 5.74) is 1.23. The summed E-state index contributed by atoms with van der Waals surface area (Å²) in [6, 6.07) is 10.6. The molecule has 0 bridgehead atoms. The number of β-amino-alcohol motifs (C(OH)–C–C–N with tert-alkyl or cyclic N) is 1. The van der Waals surface area contributed by atoms with E-state index < -0.39 is 23.1 Å². The van der Waals surface area contributed by atoms with Crippen molar-refractivity contribution in [2.75, 3.05) is 6.54 Å². The molecule has 1 atom stereocenters. The predicted octanol–water partition coefficient (Wildman–Crippen LogP) is 4.31. The Balaban J connectivity index is 1.38. The molecule has 4 heterocycles. The Morgan fingerprint density at radius 2 is 1.75 bits per heavy atom. The highest BCUT2D eigenvalue weighted by Crippen LogP contribution is 2.38. The lowest BCUT2D eigenvalue weighted by atomic mass is 9.92. The SMILES string of the molecule is Cn1cc(-c2ccnc3c2C(=O)N(CC(O)(Cn2ccnc2)c2ccc(F)cc2F)C3)c(-c2ccc(F)cc2)n1. The van der Waals surface area contributed by atoms with Crippen molar-refractivity contribution in [1.29, 1.82) is 0 Å². The number of hydrogen-bond acceptors (Lipinski definition) is 5. The van der Waals surface area contributed by atoms with Crippen LogP contribution in [0.25, 0.3) is 22.4 Å². The number of aryl methyl sites for hydroxylation is 1. The van der Waals surface area contributed by atoms with Crippen LogP contribution in [0.5, 0.6) is 0 Å². The van der Waals surface area contributed by atoms with Crippen molar-refractivity contribution in [2.45, 2.75) is 18.7 Å². The van der Waals surface area contributed by atoms with Gasteiger partial charge in [0, 0.05) is 60.2 Å². The molecule has 1 aliphatic heterocycles. The molecule has 2 aromatic carbocycles. The molecule has 6 rings (SSSR count). The molecule has 202 valence electrons. The van der Waals surface area contributed by atoms with Crippen LogP contribution in [0, 0.1) is 17.5 Å². The van der Waals surface area contributed by atoms with Crippen molar-refractivity contribution in [3.63, 3.8) is 0 Å². The summed E-state index contributed by atoms with van der Waals surface area (Å²) in [6.45, 7) is -0.350. The summed E-state index contributed by atoms with van der Waals surface area (Å²) in [5.74, 6) is -2.49. The highest BCUT2D eigenvalue weighted by atomic mass is 19.1. The number of hydrogen-bond donors (Lipinski definition) is 1. The van der Waals surface area contributed by atoms with E-state index >= 15 is 0 Å². The molecule has 11 heteroatoms. The van der Waals surface area contributed by atoms with Crippen molar-refractivity contribution in [3.8, 4) is 22.4 Å². The summed E-state index contributed by atoms with van der Waals surface area (Å²) < 4.78 is 45.4. The van der Waals surface area contributed by atoms with E-state index in [9.17, 15) is 23.1 Å². The Morgan fingerprint density at radius 3 is 2.48 bits per heavy atom. The van der Waals surface area contributed by atoms with Crippen LogP contribution in [0.15, 0.2) is 79.6 Å². The Morgan fingerprint density at radius 1 is 0.975 bits per heavy atom. The Labute approximate surface area is 227 Å². The number of halogens is 3. The highest BCUT2D eigenvalue weighted by molar-refractivity contribution is 6.05. The van der Waals surface area contributed by atoms with Crippen molar-refractivity contribution < 1.29 is 23.1 Å². The van der Waals surface area contributed by atoms with Crippen molar-refractivity contribution in [2.24, 2.45) is 7.05 Å². The molecule has 1 amide bonds. The molecule has 3 aromatic heterocycles. The van der Waals surface area contributed by atoms with Gasteiger partial charge in [-0.15, -0.1) is 0 Å². The zero-order valence-corrected chi connectivity index (χ0v) is 21.3. The molecule has 8 nitrogen and oxygen atoms in total. The first kappa shape index (κ1) is 25.5. The van der Waals surface area contributed by atoms with E-state index in [4.69, 9.17) is 0 Å². The number of imidazole rings is 1. The maximum Gasteiger partial charge on any atom is 0.256 e. The van der Waals surface area contributed by atoms with E-state index in [-0.39, 0.29) is 31.0 Å². The van der Waals surface area contributed by atoms with Crippen LogP contribution in [-0.2, 0) is 25.7 Å². The number of nitrogens with zero attached hydrogens (tertiary/aromatic N) is 6. The van der Waals surface area contributed by atoms with Crippen LogP contribution in [0.2, 0.25) is 0 Å². The fourth-order valence-corrected chi connectivity index (χ4v) is 5.22. The summed E-state index contributed by atoms with van der Waals surface area (Å²) in [5, 5.41) is 16.4. The number of aliphatic hydroxyl groups is 1. The standard InChI is InChI=1S/C29H23F3N6O2/c1-36-13-22(27(35-36)18-2-4-19(30)5-3-18)21-8-9-34-25-14-38(28(39)26(21)25)16-29(40,15-37-11-10-33-17-37)23-7-6-20(31)12-24(23)32/h2-13,17,40H,14-16H2,1H3. The number of carbonyl (C=O) groups excluding carboxylic acids is 1. The largest absolute Gasteiger partial charge is 0.381 e. The van der Waals surface area contributed by atoms with Crippen LogP contribution >= 0.6 is 0 Å².